The fourth-order valence-electron chi connectivity index (χ4n) is 8.89. The number of benzene rings is 9. The molecule has 3 aromatic heterocycles. The van der Waals surface area contributed by atoms with Crippen LogP contribution in [0.3, 0.4) is 0 Å². The van der Waals surface area contributed by atoms with E-state index in [-0.39, 0.29) is 0 Å². The third-order valence-corrected chi connectivity index (χ3v) is 14.0. The molecular formula is C54H34N2S2. The molecule has 0 amide bonds. The minimum atomic E-state index is 1.12. The molecule has 58 heavy (non-hydrogen) atoms. The van der Waals surface area contributed by atoms with Crippen molar-refractivity contribution >= 4 is 102 Å². The summed E-state index contributed by atoms with van der Waals surface area (Å²) in [4.78, 5) is 3.71. The standard InChI is InChI=1S/C54H34N2S2/c1-2-14-40(15-3-1)56-52-43(18-10-20-47(52)51-46-17-7-9-23-50(46)58-54(51)56)37-28-32-42(33-29-37)55(48-21-11-19-45-44-16-6-8-22-49(44)57-53(45)48)41-30-26-36(27-31-41)39-25-24-35-12-4-5-13-38(35)34-39/h1-34H. The molecule has 0 radical (unpaired) electrons. The molecule has 9 aromatic carbocycles. The molecule has 2 nitrogen and oxygen atoms in total. The molecular weight excluding hydrogens is 741 g/mol. The number of nitrogens with zero attached hydrogens (tertiary/aromatic N) is 2. The van der Waals surface area contributed by atoms with Crippen LogP contribution in [-0.2, 0) is 0 Å². The molecule has 0 spiro atoms. The molecule has 12 rings (SSSR count). The van der Waals surface area contributed by atoms with Gasteiger partial charge < -0.3 is 9.47 Å². The molecule has 0 unspecified atom stereocenters. The van der Waals surface area contributed by atoms with Gasteiger partial charge in [0.05, 0.1) is 15.9 Å². The normalized spacial score (nSPS) is 11.8. The van der Waals surface area contributed by atoms with Gasteiger partial charge in [0.25, 0.3) is 0 Å². The monoisotopic (exact) mass is 774 g/mol. The summed E-state index contributed by atoms with van der Waals surface area (Å²) in [5, 5.41) is 9.01. The molecule has 0 aliphatic rings. The topological polar surface area (TPSA) is 8.17 Å². The molecule has 4 heteroatoms. The van der Waals surface area contributed by atoms with Gasteiger partial charge in [0.1, 0.15) is 4.83 Å². The Morgan fingerprint density at radius 2 is 1.00 bits per heavy atom. The second-order valence-electron chi connectivity index (χ2n) is 14.9. The number of anilines is 3. The lowest BCUT2D eigenvalue weighted by Gasteiger charge is -2.26. The minimum absolute atomic E-state index is 1.12. The second kappa shape index (κ2) is 13.3. The third kappa shape index (κ3) is 5.23. The van der Waals surface area contributed by atoms with Gasteiger partial charge in [0.2, 0.25) is 0 Å². The first-order valence-electron chi connectivity index (χ1n) is 19.7. The first-order chi connectivity index (χ1) is 28.8. The maximum absolute atomic E-state index is 2.48. The molecule has 0 saturated carbocycles. The summed E-state index contributed by atoms with van der Waals surface area (Å²) >= 11 is 3.74. The molecule has 0 N–H and O–H groups in total. The van der Waals surface area contributed by atoms with Crippen LogP contribution in [0.15, 0.2) is 206 Å². The Kier molecular flexibility index (Phi) is 7.62. The van der Waals surface area contributed by atoms with E-state index in [2.05, 4.69) is 216 Å². The number of thiophene rings is 2. The Morgan fingerprint density at radius 1 is 0.397 bits per heavy atom. The first-order valence-corrected chi connectivity index (χ1v) is 21.3. The fourth-order valence-corrected chi connectivity index (χ4v) is 11.3. The summed E-state index contributed by atoms with van der Waals surface area (Å²) in [7, 11) is 0. The number of rotatable bonds is 6. The number of para-hydroxylation sites is 2. The van der Waals surface area contributed by atoms with E-state index in [1.165, 1.54) is 95.8 Å². The lowest BCUT2D eigenvalue weighted by Crippen LogP contribution is -2.10. The average Bonchev–Trinajstić information content (AvgIpc) is 3.96. The van der Waals surface area contributed by atoms with Crippen molar-refractivity contribution in [2.24, 2.45) is 0 Å². The molecule has 0 saturated heterocycles. The largest absolute Gasteiger partial charge is 0.309 e. The lowest BCUT2D eigenvalue weighted by atomic mass is 10.00. The van der Waals surface area contributed by atoms with Crippen molar-refractivity contribution in [3.8, 4) is 27.9 Å². The number of aromatic nitrogens is 1. The van der Waals surface area contributed by atoms with Crippen molar-refractivity contribution in [2.75, 3.05) is 4.90 Å². The molecule has 0 bridgehead atoms. The maximum atomic E-state index is 2.48. The SMILES string of the molecule is c1ccc(-n2c3sc4ccccc4c3c3cccc(-c4ccc(N(c5ccc(-c6ccc7ccccc7c6)cc5)c5cccc6c5sc5ccccc56)cc4)c32)cc1. The minimum Gasteiger partial charge on any atom is -0.309 e. The van der Waals surface area contributed by atoms with E-state index in [0.717, 1.165) is 11.4 Å². The highest BCUT2D eigenvalue weighted by molar-refractivity contribution is 7.26. The molecule has 0 atom stereocenters. The van der Waals surface area contributed by atoms with Gasteiger partial charge in [0, 0.05) is 59.0 Å². The first kappa shape index (κ1) is 33.2. The summed E-state index contributed by atoms with van der Waals surface area (Å²) in [6.07, 6.45) is 0. The van der Waals surface area contributed by atoms with E-state index in [4.69, 9.17) is 0 Å². The van der Waals surface area contributed by atoms with Crippen molar-refractivity contribution in [1.29, 1.82) is 0 Å². The molecule has 272 valence electrons. The van der Waals surface area contributed by atoms with Gasteiger partial charge in [-0.1, -0.05) is 146 Å². The van der Waals surface area contributed by atoms with Gasteiger partial charge in [-0.05, 0) is 88.1 Å². The average molecular weight is 775 g/mol. The molecule has 0 aliphatic carbocycles. The third-order valence-electron chi connectivity index (χ3n) is 11.6. The summed E-state index contributed by atoms with van der Waals surface area (Å²) in [5.74, 6) is 0. The maximum Gasteiger partial charge on any atom is 0.109 e. The quantitative estimate of drug-likeness (QED) is 0.163. The van der Waals surface area contributed by atoms with Crippen LogP contribution >= 0.6 is 22.7 Å². The Bertz CT molecular complexity index is 3500. The predicted molar refractivity (Wildman–Crippen MR) is 252 cm³/mol. The number of fused-ring (bicyclic) bond motifs is 9. The van der Waals surface area contributed by atoms with E-state index < -0.39 is 0 Å². The van der Waals surface area contributed by atoms with Gasteiger partial charge in [0.15, 0.2) is 0 Å². The highest BCUT2D eigenvalue weighted by atomic mass is 32.1. The van der Waals surface area contributed by atoms with Crippen molar-refractivity contribution in [3.63, 3.8) is 0 Å². The molecule has 3 heterocycles. The van der Waals surface area contributed by atoms with Crippen LogP contribution in [0.2, 0.25) is 0 Å². The Balaban J connectivity index is 1.02. The van der Waals surface area contributed by atoms with E-state index >= 15 is 0 Å². The van der Waals surface area contributed by atoms with Crippen LogP contribution in [0, 0.1) is 0 Å². The Morgan fingerprint density at radius 3 is 1.79 bits per heavy atom. The van der Waals surface area contributed by atoms with Crippen LogP contribution in [0.4, 0.5) is 17.1 Å². The van der Waals surface area contributed by atoms with E-state index in [9.17, 15) is 0 Å². The van der Waals surface area contributed by atoms with Crippen molar-refractivity contribution in [3.05, 3.63) is 206 Å². The molecule has 0 aliphatic heterocycles. The smallest absolute Gasteiger partial charge is 0.109 e. The van der Waals surface area contributed by atoms with Crippen LogP contribution in [-0.4, -0.2) is 4.57 Å². The van der Waals surface area contributed by atoms with Gasteiger partial charge in [-0.3, -0.25) is 0 Å². The van der Waals surface area contributed by atoms with Crippen molar-refractivity contribution in [2.45, 2.75) is 0 Å². The fraction of sp³-hybridized carbons (Fsp3) is 0. The number of hydrogen-bond acceptors (Lipinski definition) is 3. The summed E-state index contributed by atoms with van der Waals surface area (Å²) in [5.41, 5.74) is 10.7. The van der Waals surface area contributed by atoms with E-state index in [0.29, 0.717) is 0 Å². The highest BCUT2D eigenvalue weighted by Crippen LogP contribution is 2.47. The highest BCUT2D eigenvalue weighted by Gasteiger charge is 2.22. The zero-order chi connectivity index (χ0) is 38.2. The van der Waals surface area contributed by atoms with Crippen LogP contribution in [0.25, 0.3) is 90.1 Å². The van der Waals surface area contributed by atoms with Crippen molar-refractivity contribution < 1.29 is 0 Å². The number of hydrogen-bond donors (Lipinski definition) is 0. The van der Waals surface area contributed by atoms with Gasteiger partial charge in [-0.2, -0.15) is 0 Å². The van der Waals surface area contributed by atoms with Crippen LogP contribution in [0.5, 0.6) is 0 Å². The van der Waals surface area contributed by atoms with Gasteiger partial charge in [-0.15, -0.1) is 22.7 Å². The molecule has 0 fully saturated rings. The predicted octanol–water partition coefficient (Wildman–Crippen LogP) is 16.3. The second-order valence-corrected chi connectivity index (χ2v) is 17.0. The zero-order valence-corrected chi connectivity index (χ0v) is 33.0. The lowest BCUT2D eigenvalue weighted by molar-refractivity contribution is 1.19. The van der Waals surface area contributed by atoms with Crippen LogP contribution in [0.1, 0.15) is 0 Å². The molecule has 12 aromatic rings. The van der Waals surface area contributed by atoms with E-state index in [1.807, 2.05) is 22.7 Å². The van der Waals surface area contributed by atoms with E-state index in [1.54, 1.807) is 0 Å². The summed E-state index contributed by atoms with van der Waals surface area (Å²) in [6.45, 7) is 0. The van der Waals surface area contributed by atoms with Gasteiger partial charge in [-0.25, -0.2) is 0 Å². The van der Waals surface area contributed by atoms with Crippen molar-refractivity contribution in [1.82, 2.24) is 4.57 Å². The Labute approximate surface area is 343 Å². The Hall–Kier alpha value is -6.98. The van der Waals surface area contributed by atoms with Gasteiger partial charge >= 0.3 is 0 Å². The zero-order valence-electron chi connectivity index (χ0n) is 31.3. The van der Waals surface area contributed by atoms with Crippen LogP contribution < -0.4 is 4.90 Å². The summed E-state index contributed by atoms with van der Waals surface area (Å²) in [6, 6.07) is 75.5. The summed E-state index contributed by atoms with van der Waals surface area (Å²) < 4.78 is 6.37.